The molecule has 0 saturated carbocycles. The Morgan fingerprint density at radius 1 is 1.40 bits per heavy atom. The highest BCUT2D eigenvalue weighted by atomic mass is 35.5. The van der Waals surface area contributed by atoms with Crippen molar-refractivity contribution < 1.29 is 0 Å². The van der Waals surface area contributed by atoms with E-state index in [2.05, 4.69) is 9.97 Å². The molecule has 1 aromatic rings. The Morgan fingerprint density at radius 2 is 1.90 bits per heavy atom. The van der Waals surface area contributed by atoms with Gasteiger partial charge in [-0.1, -0.05) is 11.8 Å². The van der Waals surface area contributed by atoms with Crippen LogP contribution in [-0.4, -0.2) is 16.2 Å². The Morgan fingerprint density at radius 3 is 2.30 bits per heavy atom. The van der Waals surface area contributed by atoms with Gasteiger partial charge < -0.3 is 5.73 Å². The van der Waals surface area contributed by atoms with Crippen molar-refractivity contribution in [3.8, 4) is 0 Å². The molecule has 0 aliphatic carbocycles. The molecule has 0 aliphatic rings. The van der Waals surface area contributed by atoms with Gasteiger partial charge in [0.25, 0.3) is 0 Å². The van der Waals surface area contributed by atoms with Crippen molar-refractivity contribution in [3.05, 3.63) is 12.4 Å². The quantitative estimate of drug-likeness (QED) is 0.518. The van der Waals surface area contributed by atoms with Crippen LogP contribution in [-0.2, 0) is 0 Å². The van der Waals surface area contributed by atoms with Crippen molar-refractivity contribution in [2.45, 2.75) is 5.16 Å². The molecule has 1 rings (SSSR count). The fourth-order valence-corrected chi connectivity index (χ4v) is 0.748. The third kappa shape index (κ3) is 2.41. The lowest BCUT2D eigenvalue weighted by molar-refractivity contribution is 0.974. The number of aromatic nitrogens is 2. The summed E-state index contributed by atoms with van der Waals surface area (Å²) in [6.07, 6.45) is 5.11. The Kier molecular flexibility index (Phi) is 4.14. The Hall–Kier alpha value is -0.480. The van der Waals surface area contributed by atoms with Crippen molar-refractivity contribution >= 4 is 29.9 Å². The average molecular weight is 178 g/mol. The topological polar surface area (TPSA) is 51.8 Å². The lowest BCUT2D eigenvalue weighted by Crippen LogP contribution is -1.89. The maximum Gasteiger partial charge on any atom is 0.187 e. The van der Waals surface area contributed by atoms with Gasteiger partial charge in [0.05, 0.1) is 18.1 Å². The number of rotatable bonds is 1. The minimum Gasteiger partial charge on any atom is -0.396 e. The summed E-state index contributed by atoms with van der Waals surface area (Å²) in [5.74, 6) is 0. The van der Waals surface area contributed by atoms with Gasteiger partial charge >= 0.3 is 0 Å². The van der Waals surface area contributed by atoms with Crippen molar-refractivity contribution in [3.63, 3.8) is 0 Å². The zero-order valence-corrected chi connectivity index (χ0v) is 7.08. The highest BCUT2D eigenvalue weighted by molar-refractivity contribution is 7.98. The lowest BCUT2D eigenvalue weighted by atomic mass is 10.6. The van der Waals surface area contributed by atoms with Gasteiger partial charge in [-0.3, -0.25) is 0 Å². The molecule has 3 nitrogen and oxygen atoms in total. The van der Waals surface area contributed by atoms with E-state index in [0.717, 1.165) is 5.16 Å². The van der Waals surface area contributed by atoms with Crippen LogP contribution >= 0.6 is 24.2 Å². The molecule has 10 heavy (non-hydrogen) atoms. The minimum absolute atomic E-state index is 0. The summed E-state index contributed by atoms with van der Waals surface area (Å²) in [7, 11) is 0. The maximum absolute atomic E-state index is 5.35. The smallest absolute Gasteiger partial charge is 0.187 e. The molecule has 1 aromatic heterocycles. The Balaban J connectivity index is 0.000000810. The number of hydrogen-bond donors (Lipinski definition) is 1. The van der Waals surface area contributed by atoms with Crippen molar-refractivity contribution in [1.29, 1.82) is 0 Å². The first-order valence-electron chi connectivity index (χ1n) is 2.44. The van der Waals surface area contributed by atoms with Crippen LogP contribution in [0.5, 0.6) is 0 Å². The normalized spacial score (nSPS) is 8.50. The van der Waals surface area contributed by atoms with Crippen LogP contribution in [0.25, 0.3) is 0 Å². The van der Waals surface area contributed by atoms with Gasteiger partial charge in [-0.15, -0.1) is 12.4 Å². The first-order valence-corrected chi connectivity index (χ1v) is 3.67. The summed E-state index contributed by atoms with van der Waals surface area (Å²) in [6.45, 7) is 0. The zero-order chi connectivity index (χ0) is 6.69. The Bertz CT molecular complexity index is 189. The highest BCUT2D eigenvalue weighted by Crippen LogP contribution is 2.06. The maximum atomic E-state index is 5.35. The summed E-state index contributed by atoms with van der Waals surface area (Å²) in [4.78, 5) is 7.85. The van der Waals surface area contributed by atoms with Gasteiger partial charge in [0, 0.05) is 0 Å². The molecule has 1 heterocycles. The predicted octanol–water partition coefficient (Wildman–Crippen LogP) is 1.20. The fourth-order valence-electron chi connectivity index (χ4n) is 0.432. The van der Waals surface area contributed by atoms with Crippen molar-refractivity contribution in [1.82, 2.24) is 9.97 Å². The van der Waals surface area contributed by atoms with E-state index in [4.69, 9.17) is 5.73 Å². The van der Waals surface area contributed by atoms with Crippen molar-refractivity contribution in [2.24, 2.45) is 0 Å². The van der Waals surface area contributed by atoms with Gasteiger partial charge in [-0.25, -0.2) is 9.97 Å². The molecule has 0 atom stereocenters. The van der Waals surface area contributed by atoms with Crippen LogP contribution in [0.4, 0.5) is 5.69 Å². The number of thioether (sulfide) groups is 1. The van der Waals surface area contributed by atoms with E-state index in [9.17, 15) is 0 Å². The van der Waals surface area contributed by atoms with Crippen LogP contribution in [0.3, 0.4) is 0 Å². The molecular formula is C5H8ClN3S. The van der Waals surface area contributed by atoms with E-state index in [1.165, 1.54) is 11.8 Å². The minimum atomic E-state index is 0. The molecule has 0 aliphatic heterocycles. The fraction of sp³-hybridized carbons (Fsp3) is 0.200. The summed E-state index contributed by atoms with van der Waals surface area (Å²) in [5.41, 5.74) is 5.95. The molecule has 0 saturated heterocycles. The van der Waals surface area contributed by atoms with Crippen LogP contribution in [0.1, 0.15) is 0 Å². The van der Waals surface area contributed by atoms with E-state index in [1.807, 2.05) is 6.26 Å². The monoisotopic (exact) mass is 177 g/mol. The highest BCUT2D eigenvalue weighted by Gasteiger charge is 1.89. The van der Waals surface area contributed by atoms with Crippen LogP contribution in [0.2, 0.25) is 0 Å². The van der Waals surface area contributed by atoms with Gasteiger partial charge in [0.15, 0.2) is 5.16 Å². The van der Waals surface area contributed by atoms with E-state index in [0.29, 0.717) is 5.69 Å². The molecule has 0 unspecified atom stereocenters. The SMILES string of the molecule is CSc1ncc(N)cn1.Cl. The standard InChI is InChI=1S/C5H7N3S.ClH/c1-9-5-7-2-4(6)3-8-5;/h2-3H,6H2,1H3;1H. The van der Waals surface area contributed by atoms with Gasteiger partial charge in [-0.05, 0) is 6.26 Å². The number of halogens is 1. The Labute approximate surface area is 69.9 Å². The molecule has 0 amide bonds. The molecule has 0 spiro atoms. The first-order chi connectivity index (χ1) is 4.33. The van der Waals surface area contributed by atoms with Gasteiger partial charge in [0.2, 0.25) is 0 Å². The second kappa shape index (κ2) is 4.35. The number of anilines is 1. The molecule has 56 valence electrons. The number of nitrogens with zero attached hydrogens (tertiary/aromatic N) is 2. The number of hydrogen-bond acceptors (Lipinski definition) is 4. The molecule has 0 radical (unpaired) electrons. The van der Waals surface area contributed by atoms with Crippen molar-refractivity contribution in [2.75, 3.05) is 12.0 Å². The summed E-state index contributed by atoms with van der Waals surface area (Å²) < 4.78 is 0. The molecule has 0 fully saturated rings. The second-order valence-electron chi connectivity index (χ2n) is 1.50. The van der Waals surface area contributed by atoms with E-state index < -0.39 is 0 Å². The average Bonchev–Trinajstić information content (AvgIpc) is 1.90. The molecule has 5 heteroatoms. The van der Waals surface area contributed by atoms with E-state index in [-0.39, 0.29) is 12.4 Å². The summed E-state index contributed by atoms with van der Waals surface area (Å²) in [6, 6.07) is 0. The lowest BCUT2D eigenvalue weighted by Gasteiger charge is -1.92. The van der Waals surface area contributed by atoms with Crippen LogP contribution in [0.15, 0.2) is 17.6 Å². The molecular weight excluding hydrogens is 170 g/mol. The third-order valence-electron chi connectivity index (χ3n) is 0.831. The molecule has 0 bridgehead atoms. The zero-order valence-electron chi connectivity index (χ0n) is 5.44. The number of nitrogens with two attached hydrogens (primary N) is 1. The summed E-state index contributed by atoms with van der Waals surface area (Å²) in [5, 5.41) is 0.754. The molecule has 0 aromatic carbocycles. The van der Waals surface area contributed by atoms with Gasteiger partial charge in [0.1, 0.15) is 0 Å². The number of nitrogen functional groups attached to an aromatic ring is 1. The van der Waals surface area contributed by atoms with E-state index in [1.54, 1.807) is 12.4 Å². The largest absolute Gasteiger partial charge is 0.396 e. The summed E-state index contributed by atoms with van der Waals surface area (Å²) >= 11 is 1.50. The first kappa shape index (κ1) is 9.52. The van der Waals surface area contributed by atoms with Crippen LogP contribution < -0.4 is 5.73 Å². The third-order valence-corrected chi connectivity index (χ3v) is 1.41. The second-order valence-corrected chi connectivity index (χ2v) is 2.28. The van der Waals surface area contributed by atoms with E-state index >= 15 is 0 Å². The predicted molar refractivity (Wildman–Crippen MR) is 45.5 cm³/mol. The van der Waals surface area contributed by atoms with Gasteiger partial charge in [-0.2, -0.15) is 0 Å². The molecule has 2 N–H and O–H groups in total. The van der Waals surface area contributed by atoms with Crippen LogP contribution in [0, 0.1) is 0 Å².